The highest BCUT2D eigenvalue weighted by Crippen LogP contribution is 2.25. The van der Waals surface area contributed by atoms with Gasteiger partial charge in [-0.3, -0.25) is 4.79 Å². The van der Waals surface area contributed by atoms with Crippen LogP contribution in [0.25, 0.3) is 11.4 Å². The van der Waals surface area contributed by atoms with Crippen molar-refractivity contribution in [1.29, 1.82) is 0 Å². The topological polar surface area (TPSA) is 58.1 Å². The predicted octanol–water partition coefficient (Wildman–Crippen LogP) is 4.92. The minimum atomic E-state index is 0.0281. The maximum atomic E-state index is 12.8. The summed E-state index contributed by atoms with van der Waals surface area (Å²) in [5, 5.41) is 3.11. The van der Waals surface area contributed by atoms with Crippen molar-refractivity contribution in [3.05, 3.63) is 71.4 Å². The fraction of sp³-hybridized carbons (Fsp3) is 0.320. The highest BCUT2D eigenvalue weighted by molar-refractivity contribution is 5.93. The van der Waals surface area contributed by atoms with Gasteiger partial charge in [-0.1, -0.05) is 47.5 Å². The number of carbonyl (C=O) groups is 1. The SMILES string of the molecule is Cc1ccc(-c2nccc(N3CCC(C(=O)Nc4ccc(C)cc4C)CC3)n2)cc1. The van der Waals surface area contributed by atoms with Gasteiger partial charge in [-0.2, -0.15) is 0 Å². The first-order valence-corrected chi connectivity index (χ1v) is 10.5. The zero-order valence-corrected chi connectivity index (χ0v) is 17.9. The number of aromatic nitrogens is 2. The molecule has 0 atom stereocenters. The molecule has 3 aromatic rings. The van der Waals surface area contributed by atoms with Gasteiger partial charge in [0.05, 0.1) is 0 Å². The smallest absolute Gasteiger partial charge is 0.227 e. The third kappa shape index (κ3) is 4.51. The number of aryl methyl sites for hydroxylation is 3. The average Bonchev–Trinajstić information content (AvgIpc) is 2.76. The Morgan fingerprint density at radius 3 is 2.37 bits per heavy atom. The molecule has 1 N–H and O–H groups in total. The van der Waals surface area contributed by atoms with E-state index in [1.54, 1.807) is 0 Å². The Morgan fingerprint density at radius 1 is 0.967 bits per heavy atom. The molecular weight excluding hydrogens is 372 g/mol. The normalized spacial score (nSPS) is 14.6. The van der Waals surface area contributed by atoms with Crippen LogP contribution in [0.5, 0.6) is 0 Å². The molecule has 0 bridgehead atoms. The highest BCUT2D eigenvalue weighted by Gasteiger charge is 2.26. The van der Waals surface area contributed by atoms with Crippen LogP contribution in [0.2, 0.25) is 0 Å². The van der Waals surface area contributed by atoms with E-state index in [9.17, 15) is 4.79 Å². The van der Waals surface area contributed by atoms with Crippen LogP contribution >= 0.6 is 0 Å². The summed E-state index contributed by atoms with van der Waals surface area (Å²) in [6.07, 6.45) is 3.46. The number of hydrogen-bond donors (Lipinski definition) is 1. The first-order chi connectivity index (χ1) is 14.5. The molecular formula is C25H28N4O. The van der Waals surface area contributed by atoms with E-state index in [1.165, 1.54) is 11.1 Å². The molecule has 30 heavy (non-hydrogen) atoms. The van der Waals surface area contributed by atoms with Crippen molar-refractivity contribution >= 4 is 17.4 Å². The Kier molecular flexibility index (Phi) is 5.79. The molecule has 2 aromatic carbocycles. The summed E-state index contributed by atoms with van der Waals surface area (Å²) in [6, 6.07) is 16.3. The molecule has 1 aliphatic rings. The van der Waals surface area contributed by atoms with E-state index in [-0.39, 0.29) is 11.8 Å². The van der Waals surface area contributed by atoms with Gasteiger partial charge in [0.1, 0.15) is 5.82 Å². The molecule has 0 saturated carbocycles. The van der Waals surface area contributed by atoms with Crippen LogP contribution in [0.4, 0.5) is 11.5 Å². The monoisotopic (exact) mass is 400 g/mol. The van der Waals surface area contributed by atoms with Gasteiger partial charge in [0.15, 0.2) is 5.82 Å². The summed E-state index contributed by atoms with van der Waals surface area (Å²) < 4.78 is 0. The van der Waals surface area contributed by atoms with Crippen molar-refractivity contribution in [1.82, 2.24) is 9.97 Å². The Morgan fingerprint density at radius 2 is 1.67 bits per heavy atom. The number of hydrogen-bond acceptors (Lipinski definition) is 4. The second kappa shape index (κ2) is 8.66. The van der Waals surface area contributed by atoms with Crippen LogP contribution in [0, 0.1) is 26.7 Å². The Hall–Kier alpha value is -3.21. The largest absolute Gasteiger partial charge is 0.356 e. The molecule has 1 aromatic heterocycles. The highest BCUT2D eigenvalue weighted by atomic mass is 16.1. The van der Waals surface area contributed by atoms with Gasteiger partial charge in [-0.15, -0.1) is 0 Å². The molecule has 154 valence electrons. The third-order valence-electron chi connectivity index (χ3n) is 5.78. The number of nitrogens with one attached hydrogen (secondary N) is 1. The summed E-state index contributed by atoms with van der Waals surface area (Å²) in [7, 11) is 0. The summed E-state index contributed by atoms with van der Waals surface area (Å²) >= 11 is 0. The van der Waals surface area contributed by atoms with Crippen molar-refractivity contribution in [2.45, 2.75) is 33.6 Å². The molecule has 0 unspecified atom stereocenters. The maximum absolute atomic E-state index is 12.8. The van der Waals surface area contributed by atoms with Crippen LogP contribution in [0.1, 0.15) is 29.5 Å². The zero-order valence-electron chi connectivity index (χ0n) is 17.9. The van der Waals surface area contributed by atoms with E-state index in [4.69, 9.17) is 4.98 Å². The van der Waals surface area contributed by atoms with Crippen molar-refractivity contribution < 1.29 is 4.79 Å². The molecule has 1 aliphatic heterocycles. The van der Waals surface area contributed by atoms with Gasteiger partial charge in [0.2, 0.25) is 5.91 Å². The first-order valence-electron chi connectivity index (χ1n) is 10.5. The first kappa shape index (κ1) is 20.1. The maximum Gasteiger partial charge on any atom is 0.227 e. The van der Waals surface area contributed by atoms with Crippen LogP contribution in [-0.2, 0) is 4.79 Å². The quantitative estimate of drug-likeness (QED) is 0.675. The molecule has 0 radical (unpaired) electrons. The van der Waals surface area contributed by atoms with Gasteiger partial charge >= 0.3 is 0 Å². The van der Waals surface area contributed by atoms with Gasteiger partial charge in [0, 0.05) is 36.5 Å². The second-order valence-corrected chi connectivity index (χ2v) is 8.17. The minimum absolute atomic E-state index is 0.0281. The van der Waals surface area contributed by atoms with E-state index < -0.39 is 0 Å². The third-order valence-corrected chi connectivity index (χ3v) is 5.78. The lowest BCUT2D eigenvalue weighted by Crippen LogP contribution is -2.38. The predicted molar refractivity (Wildman–Crippen MR) is 122 cm³/mol. The Balaban J connectivity index is 1.39. The second-order valence-electron chi connectivity index (χ2n) is 8.17. The number of nitrogens with zero attached hydrogens (tertiary/aromatic N) is 3. The van der Waals surface area contributed by atoms with E-state index in [1.807, 2.05) is 31.3 Å². The van der Waals surface area contributed by atoms with Crippen molar-refractivity contribution in [3.8, 4) is 11.4 Å². The minimum Gasteiger partial charge on any atom is -0.356 e. The molecule has 1 fully saturated rings. The lowest BCUT2D eigenvalue weighted by Gasteiger charge is -2.32. The average molecular weight is 401 g/mol. The Labute approximate surface area is 178 Å². The van der Waals surface area contributed by atoms with Gasteiger partial charge in [-0.05, 0) is 51.3 Å². The molecule has 2 heterocycles. The van der Waals surface area contributed by atoms with E-state index >= 15 is 0 Å². The van der Waals surface area contributed by atoms with Gasteiger partial charge in [0.25, 0.3) is 0 Å². The number of piperidine rings is 1. The van der Waals surface area contributed by atoms with Crippen molar-refractivity contribution in [2.75, 3.05) is 23.3 Å². The fourth-order valence-corrected chi connectivity index (χ4v) is 3.93. The standard InChI is InChI=1S/C25H28N4O/c1-17-4-7-20(8-5-17)24-26-13-10-23(28-24)29-14-11-21(12-15-29)25(30)27-22-9-6-18(2)16-19(22)3/h4-10,13,16,21H,11-12,14-15H2,1-3H3,(H,27,30). The molecule has 1 amide bonds. The molecule has 5 nitrogen and oxygen atoms in total. The molecule has 0 aliphatic carbocycles. The molecule has 1 saturated heterocycles. The number of rotatable bonds is 4. The van der Waals surface area contributed by atoms with E-state index in [0.29, 0.717) is 0 Å². The van der Waals surface area contributed by atoms with Gasteiger partial charge in [-0.25, -0.2) is 9.97 Å². The molecule has 4 rings (SSSR count). The number of anilines is 2. The number of carbonyl (C=O) groups excluding carboxylic acids is 1. The summed E-state index contributed by atoms with van der Waals surface area (Å²) in [6.45, 7) is 7.80. The number of benzene rings is 2. The van der Waals surface area contributed by atoms with Crippen LogP contribution in [0.15, 0.2) is 54.7 Å². The van der Waals surface area contributed by atoms with Crippen LogP contribution < -0.4 is 10.2 Å². The Bertz CT molecular complexity index is 1040. The zero-order chi connectivity index (χ0) is 21.1. The summed E-state index contributed by atoms with van der Waals surface area (Å²) in [4.78, 5) is 24.2. The number of amides is 1. The van der Waals surface area contributed by atoms with Gasteiger partial charge < -0.3 is 10.2 Å². The lowest BCUT2D eigenvalue weighted by molar-refractivity contribution is -0.120. The van der Waals surface area contributed by atoms with E-state index in [2.05, 4.69) is 59.4 Å². The molecule has 5 heteroatoms. The fourth-order valence-electron chi connectivity index (χ4n) is 3.93. The summed E-state index contributed by atoms with van der Waals surface area (Å²) in [5.74, 6) is 1.81. The molecule has 0 spiro atoms. The van der Waals surface area contributed by atoms with E-state index in [0.717, 1.165) is 54.4 Å². The summed E-state index contributed by atoms with van der Waals surface area (Å²) in [5.41, 5.74) is 5.45. The van der Waals surface area contributed by atoms with Crippen molar-refractivity contribution in [3.63, 3.8) is 0 Å². The van der Waals surface area contributed by atoms with Crippen LogP contribution in [-0.4, -0.2) is 29.0 Å². The van der Waals surface area contributed by atoms with Crippen LogP contribution in [0.3, 0.4) is 0 Å². The lowest BCUT2D eigenvalue weighted by atomic mass is 9.95. The van der Waals surface area contributed by atoms with Crippen molar-refractivity contribution in [2.24, 2.45) is 5.92 Å².